The number of rotatable bonds is 8. The second-order valence-corrected chi connectivity index (χ2v) is 5.52. The van der Waals surface area contributed by atoms with Crippen molar-refractivity contribution in [2.24, 2.45) is 0 Å². The van der Waals surface area contributed by atoms with Crippen LogP contribution >= 0.6 is 19.2 Å². The van der Waals surface area contributed by atoms with Gasteiger partial charge in [-0.25, -0.2) is 4.57 Å². The molecule has 0 saturated heterocycles. The van der Waals surface area contributed by atoms with Gasteiger partial charge in [-0.15, -0.1) is 0 Å². The van der Waals surface area contributed by atoms with Crippen molar-refractivity contribution < 1.29 is 13.6 Å². The summed E-state index contributed by atoms with van der Waals surface area (Å²) in [6.45, 7) is 9.98. The van der Waals surface area contributed by atoms with Gasteiger partial charge < -0.3 is 9.05 Å². The molecule has 0 aliphatic rings. The second-order valence-electron chi connectivity index (χ2n) is 3.32. The van der Waals surface area contributed by atoms with Gasteiger partial charge in [0.05, 0.1) is 13.2 Å². The fourth-order valence-corrected chi connectivity index (χ4v) is 2.46. The van der Waals surface area contributed by atoms with E-state index in [1.165, 1.54) is 12.2 Å². The Morgan fingerprint density at radius 1 is 1.38 bits per heavy atom. The Labute approximate surface area is 103 Å². The Morgan fingerprint density at radius 3 is 2.31 bits per heavy atom. The molecule has 0 N–H and O–H groups in total. The number of halogens is 1. The third-order valence-corrected chi connectivity index (χ3v) is 3.58. The summed E-state index contributed by atoms with van der Waals surface area (Å²) < 4.78 is 22.1. The third-order valence-electron chi connectivity index (χ3n) is 2.04. The predicted octanol–water partition coefficient (Wildman–Crippen LogP) is 3.28. The molecule has 1 unspecified atom stereocenters. The highest BCUT2D eigenvalue weighted by molar-refractivity contribution is 7.53. The van der Waals surface area contributed by atoms with Gasteiger partial charge in [0.15, 0.2) is 0 Å². The minimum Gasteiger partial charge on any atom is -0.427 e. The maximum atomic E-state index is 11.8. The van der Waals surface area contributed by atoms with Gasteiger partial charge in [0.1, 0.15) is 5.76 Å². The first-order valence-electron chi connectivity index (χ1n) is 5.42. The summed E-state index contributed by atoms with van der Waals surface area (Å²) in [7, 11) is -3.02. The summed E-state index contributed by atoms with van der Waals surface area (Å²) in [5.74, 6) is 0.477. The molecule has 4 nitrogen and oxygen atoms in total. The molecule has 6 heteroatoms. The Hall–Kier alpha value is -0.0200. The Kier molecular flexibility index (Phi) is 8.12. The van der Waals surface area contributed by atoms with Gasteiger partial charge in [-0.05, 0) is 20.0 Å². The van der Waals surface area contributed by atoms with E-state index < -0.39 is 7.60 Å². The van der Waals surface area contributed by atoms with E-state index in [0.29, 0.717) is 18.9 Å². The van der Waals surface area contributed by atoms with Crippen LogP contribution in [0.2, 0.25) is 0 Å². The van der Waals surface area contributed by atoms with Gasteiger partial charge in [-0.3, -0.25) is 4.90 Å². The fourth-order valence-electron chi connectivity index (χ4n) is 1.22. The lowest BCUT2D eigenvalue weighted by Gasteiger charge is -2.22. The number of nitrogens with zero attached hydrogens (tertiary/aromatic N) is 1. The van der Waals surface area contributed by atoms with Crippen LogP contribution in [-0.4, -0.2) is 37.8 Å². The SMILES string of the molecule is CCOP(C)(=O)O/C(=C/Cl)CN(CC)CC. The molecule has 0 saturated carbocycles. The molecule has 16 heavy (non-hydrogen) atoms. The summed E-state index contributed by atoms with van der Waals surface area (Å²) in [5.41, 5.74) is 1.31. The molecule has 0 aromatic carbocycles. The van der Waals surface area contributed by atoms with Crippen LogP contribution in [-0.2, 0) is 13.6 Å². The van der Waals surface area contributed by atoms with E-state index in [1.807, 2.05) is 13.8 Å². The average Bonchev–Trinajstić information content (AvgIpc) is 2.23. The molecule has 1 atom stereocenters. The molecule has 0 spiro atoms. The smallest absolute Gasteiger partial charge is 0.375 e. The first kappa shape index (κ1) is 16.0. The maximum absolute atomic E-state index is 11.8. The van der Waals surface area contributed by atoms with Crippen molar-refractivity contribution in [3.05, 3.63) is 11.3 Å². The molecule has 0 rings (SSSR count). The zero-order valence-electron chi connectivity index (χ0n) is 10.4. The molecule has 96 valence electrons. The van der Waals surface area contributed by atoms with Crippen LogP contribution in [0.4, 0.5) is 0 Å². The zero-order chi connectivity index (χ0) is 12.6. The van der Waals surface area contributed by atoms with E-state index in [0.717, 1.165) is 13.1 Å². The van der Waals surface area contributed by atoms with E-state index in [4.69, 9.17) is 20.6 Å². The van der Waals surface area contributed by atoms with Crippen LogP contribution in [0.5, 0.6) is 0 Å². The van der Waals surface area contributed by atoms with Crippen molar-refractivity contribution in [2.45, 2.75) is 20.8 Å². The van der Waals surface area contributed by atoms with Crippen molar-refractivity contribution in [1.29, 1.82) is 0 Å². The molecule has 0 aromatic heterocycles. The molecule has 0 aliphatic carbocycles. The van der Waals surface area contributed by atoms with Crippen molar-refractivity contribution >= 4 is 19.2 Å². The van der Waals surface area contributed by atoms with Crippen LogP contribution in [0.1, 0.15) is 20.8 Å². The van der Waals surface area contributed by atoms with Crippen molar-refractivity contribution in [3.8, 4) is 0 Å². The lowest BCUT2D eigenvalue weighted by molar-refractivity contribution is 0.228. The van der Waals surface area contributed by atoms with Gasteiger partial charge >= 0.3 is 7.60 Å². The number of hydrogen-bond donors (Lipinski definition) is 0. The topological polar surface area (TPSA) is 38.8 Å². The first-order chi connectivity index (χ1) is 7.49. The summed E-state index contributed by atoms with van der Waals surface area (Å²) in [4.78, 5) is 2.11. The standard InChI is InChI=1S/C10H21ClNO3P/c1-5-12(6-2)9-10(8-11)15-16(4,13)14-7-3/h8H,5-7,9H2,1-4H3/b10-8+. The van der Waals surface area contributed by atoms with Crippen LogP contribution in [0.25, 0.3) is 0 Å². The molecule has 0 fully saturated rings. The predicted molar refractivity (Wildman–Crippen MR) is 68.0 cm³/mol. The van der Waals surface area contributed by atoms with Crippen molar-refractivity contribution in [3.63, 3.8) is 0 Å². The first-order valence-corrected chi connectivity index (χ1v) is 7.84. The molecule has 0 radical (unpaired) electrons. The molecule has 0 aliphatic heterocycles. The maximum Gasteiger partial charge on any atom is 0.375 e. The molecule has 0 bridgehead atoms. The van der Waals surface area contributed by atoms with Crippen LogP contribution in [0.15, 0.2) is 11.3 Å². The van der Waals surface area contributed by atoms with Crippen LogP contribution in [0.3, 0.4) is 0 Å². The second kappa shape index (κ2) is 8.13. The summed E-state index contributed by atoms with van der Waals surface area (Å²) >= 11 is 5.64. The highest BCUT2D eigenvalue weighted by Crippen LogP contribution is 2.46. The lowest BCUT2D eigenvalue weighted by Crippen LogP contribution is -2.25. The Balaban J connectivity index is 4.37. The molecule has 0 amide bonds. The van der Waals surface area contributed by atoms with Gasteiger partial charge in [0.2, 0.25) is 0 Å². The highest BCUT2D eigenvalue weighted by atomic mass is 35.5. The molecular weight excluding hydrogens is 249 g/mol. The van der Waals surface area contributed by atoms with Crippen LogP contribution in [0, 0.1) is 0 Å². The van der Waals surface area contributed by atoms with E-state index in [-0.39, 0.29) is 0 Å². The monoisotopic (exact) mass is 269 g/mol. The quantitative estimate of drug-likeness (QED) is 0.501. The largest absolute Gasteiger partial charge is 0.427 e. The van der Waals surface area contributed by atoms with Gasteiger partial charge in [-0.2, -0.15) is 0 Å². The van der Waals surface area contributed by atoms with Gasteiger partial charge in [0, 0.05) is 12.2 Å². The minimum absolute atomic E-state index is 0.356. The van der Waals surface area contributed by atoms with Crippen molar-refractivity contribution in [1.82, 2.24) is 4.90 Å². The Bertz CT molecular complexity index is 267. The normalized spacial score (nSPS) is 16.2. The van der Waals surface area contributed by atoms with Crippen molar-refractivity contribution in [2.75, 3.05) is 32.9 Å². The van der Waals surface area contributed by atoms with E-state index in [9.17, 15) is 4.57 Å². The zero-order valence-corrected chi connectivity index (χ0v) is 12.1. The highest BCUT2D eigenvalue weighted by Gasteiger charge is 2.19. The summed E-state index contributed by atoms with van der Waals surface area (Å²) in [6, 6.07) is 0. The van der Waals surface area contributed by atoms with E-state index >= 15 is 0 Å². The number of likely N-dealkylation sites (N-methyl/N-ethyl adjacent to an activating group) is 1. The molecule has 0 aromatic rings. The molecule has 0 heterocycles. The van der Waals surface area contributed by atoms with Gasteiger partial charge in [0.25, 0.3) is 0 Å². The van der Waals surface area contributed by atoms with E-state index in [2.05, 4.69) is 4.90 Å². The van der Waals surface area contributed by atoms with Gasteiger partial charge in [-0.1, -0.05) is 25.4 Å². The number of hydrogen-bond acceptors (Lipinski definition) is 4. The summed E-state index contributed by atoms with van der Waals surface area (Å²) in [5, 5.41) is 0. The Morgan fingerprint density at radius 2 is 1.94 bits per heavy atom. The molecular formula is C10H21ClNO3P. The third kappa shape index (κ3) is 6.54. The summed E-state index contributed by atoms with van der Waals surface area (Å²) in [6.07, 6.45) is 0. The fraction of sp³-hybridized carbons (Fsp3) is 0.800. The minimum atomic E-state index is -3.02. The van der Waals surface area contributed by atoms with E-state index in [1.54, 1.807) is 6.92 Å². The van der Waals surface area contributed by atoms with Crippen LogP contribution < -0.4 is 0 Å². The average molecular weight is 270 g/mol. The lowest BCUT2D eigenvalue weighted by atomic mass is 10.4.